The first-order valence-electron chi connectivity index (χ1n) is 5.43. The van der Waals surface area contributed by atoms with Crippen molar-refractivity contribution in [3.05, 3.63) is 34.3 Å². The zero-order valence-electron chi connectivity index (χ0n) is 10.2. The Bertz CT molecular complexity index is 307. The molecule has 0 unspecified atom stereocenters. The van der Waals surface area contributed by atoms with Crippen molar-refractivity contribution in [3.8, 4) is 0 Å². The summed E-state index contributed by atoms with van der Waals surface area (Å²) in [7, 11) is 0. The summed E-state index contributed by atoms with van der Waals surface area (Å²) in [5.41, 5.74) is 1.74. The molecule has 92 valence electrons. The average Bonchev–Trinajstić information content (AvgIpc) is 2.13. The lowest BCUT2D eigenvalue weighted by atomic mass is 9.97. The van der Waals surface area contributed by atoms with Crippen LogP contribution in [0.4, 0.5) is 0 Å². The van der Waals surface area contributed by atoms with Gasteiger partial charge in [-0.15, -0.1) is 12.4 Å². The minimum absolute atomic E-state index is 0. The standard InChI is InChI=1S/C13H20BrN.ClH/c1-13(2,3)10-15-9-8-11-6-4-5-7-12(11)14;/h4-7,15H,8-10H2,1-3H3;1H. The van der Waals surface area contributed by atoms with Gasteiger partial charge < -0.3 is 5.32 Å². The molecule has 1 rings (SSSR count). The summed E-state index contributed by atoms with van der Waals surface area (Å²) in [4.78, 5) is 0. The molecular weight excluding hydrogens is 286 g/mol. The molecule has 0 heterocycles. The van der Waals surface area contributed by atoms with Crippen LogP contribution < -0.4 is 5.32 Å². The van der Waals surface area contributed by atoms with Crippen LogP contribution in [0.5, 0.6) is 0 Å². The molecule has 0 aliphatic carbocycles. The molecule has 1 aromatic rings. The van der Waals surface area contributed by atoms with Crippen LogP contribution in [0.1, 0.15) is 26.3 Å². The lowest BCUT2D eigenvalue weighted by Crippen LogP contribution is -2.28. The van der Waals surface area contributed by atoms with Crippen molar-refractivity contribution >= 4 is 28.3 Å². The van der Waals surface area contributed by atoms with Gasteiger partial charge in [0.1, 0.15) is 0 Å². The van der Waals surface area contributed by atoms with Gasteiger partial charge in [-0.2, -0.15) is 0 Å². The van der Waals surface area contributed by atoms with Gasteiger partial charge in [0, 0.05) is 11.0 Å². The second kappa shape index (κ2) is 7.31. The lowest BCUT2D eigenvalue weighted by molar-refractivity contribution is 0.381. The minimum atomic E-state index is 0. The topological polar surface area (TPSA) is 12.0 Å². The van der Waals surface area contributed by atoms with Crippen LogP contribution >= 0.6 is 28.3 Å². The van der Waals surface area contributed by atoms with E-state index in [-0.39, 0.29) is 12.4 Å². The smallest absolute Gasteiger partial charge is 0.0207 e. The van der Waals surface area contributed by atoms with Gasteiger partial charge in [-0.05, 0) is 30.0 Å². The molecular formula is C13H21BrClN. The van der Waals surface area contributed by atoms with Crippen molar-refractivity contribution in [2.24, 2.45) is 5.41 Å². The zero-order valence-corrected chi connectivity index (χ0v) is 12.6. The first kappa shape index (κ1) is 16.0. The zero-order chi connectivity index (χ0) is 11.3. The van der Waals surface area contributed by atoms with Crippen LogP contribution in [-0.4, -0.2) is 13.1 Å². The summed E-state index contributed by atoms with van der Waals surface area (Å²) in [6, 6.07) is 8.40. The maximum absolute atomic E-state index is 3.56. The molecule has 3 heteroatoms. The molecule has 0 saturated carbocycles. The number of halogens is 2. The Hall–Kier alpha value is -0.0500. The first-order chi connectivity index (χ1) is 6.99. The van der Waals surface area contributed by atoms with E-state index in [0.717, 1.165) is 19.5 Å². The SMILES string of the molecule is CC(C)(C)CNCCc1ccccc1Br.Cl. The fourth-order valence-corrected chi connectivity index (χ4v) is 1.87. The lowest BCUT2D eigenvalue weighted by Gasteiger charge is -2.18. The second-order valence-electron chi connectivity index (χ2n) is 5.08. The van der Waals surface area contributed by atoms with E-state index in [9.17, 15) is 0 Å². The Kier molecular flexibility index (Phi) is 7.29. The van der Waals surface area contributed by atoms with Crippen LogP contribution in [0.25, 0.3) is 0 Å². The van der Waals surface area contributed by atoms with E-state index in [4.69, 9.17) is 0 Å². The summed E-state index contributed by atoms with van der Waals surface area (Å²) in [5, 5.41) is 3.48. The highest BCUT2D eigenvalue weighted by Crippen LogP contribution is 2.16. The van der Waals surface area contributed by atoms with E-state index in [2.05, 4.69) is 66.3 Å². The number of hydrogen-bond acceptors (Lipinski definition) is 1. The van der Waals surface area contributed by atoms with Crippen LogP contribution in [-0.2, 0) is 6.42 Å². The molecule has 1 N–H and O–H groups in total. The molecule has 1 nitrogen and oxygen atoms in total. The van der Waals surface area contributed by atoms with Gasteiger partial charge >= 0.3 is 0 Å². The fourth-order valence-electron chi connectivity index (χ4n) is 1.39. The Labute approximate surface area is 114 Å². The molecule has 0 spiro atoms. The van der Waals surface area contributed by atoms with Crippen molar-refractivity contribution in [1.82, 2.24) is 5.32 Å². The van der Waals surface area contributed by atoms with Gasteiger partial charge in [0.05, 0.1) is 0 Å². The predicted octanol–water partition coefficient (Wildman–Crippen LogP) is 4.05. The number of hydrogen-bond donors (Lipinski definition) is 1. The number of nitrogens with one attached hydrogen (secondary N) is 1. The molecule has 1 aromatic carbocycles. The van der Waals surface area contributed by atoms with Gasteiger partial charge in [-0.1, -0.05) is 54.9 Å². The van der Waals surface area contributed by atoms with Gasteiger partial charge in [-0.25, -0.2) is 0 Å². The molecule has 0 aromatic heterocycles. The van der Waals surface area contributed by atoms with Crippen molar-refractivity contribution in [2.45, 2.75) is 27.2 Å². The third-order valence-electron chi connectivity index (χ3n) is 2.18. The number of rotatable bonds is 4. The number of benzene rings is 1. The highest BCUT2D eigenvalue weighted by Gasteiger charge is 2.08. The van der Waals surface area contributed by atoms with Gasteiger partial charge in [0.2, 0.25) is 0 Å². The molecule has 0 aliphatic rings. The van der Waals surface area contributed by atoms with Crippen molar-refractivity contribution < 1.29 is 0 Å². The Morgan fingerprint density at radius 1 is 1.19 bits per heavy atom. The van der Waals surface area contributed by atoms with Gasteiger partial charge in [0.15, 0.2) is 0 Å². The Morgan fingerprint density at radius 3 is 2.38 bits per heavy atom. The quantitative estimate of drug-likeness (QED) is 0.828. The normalized spacial score (nSPS) is 11.0. The molecule has 0 aliphatic heterocycles. The van der Waals surface area contributed by atoms with E-state index in [1.54, 1.807) is 0 Å². The molecule has 0 saturated heterocycles. The fraction of sp³-hybridized carbons (Fsp3) is 0.538. The summed E-state index contributed by atoms with van der Waals surface area (Å²) < 4.78 is 1.21. The maximum atomic E-state index is 3.56. The van der Waals surface area contributed by atoms with Crippen LogP contribution in [0.2, 0.25) is 0 Å². The van der Waals surface area contributed by atoms with Crippen LogP contribution in [0.3, 0.4) is 0 Å². The monoisotopic (exact) mass is 305 g/mol. The first-order valence-corrected chi connectivity index (χ1v) is 6.22. The minimum Gasteiger partial charge on any atom is -0.316 e. The Morgan fingerprint density at radius 2 is 1.81 bits per heavy atom. The molecule has 0 fully saturated rings. The predicted molar refractivity (Wildman–Crippen MR) is 77.4 cm³/mol. The highest BCUT2D eigenvalue weighted by molar-refractivity contribution is 9.10. The third kappa shape index (κ3) is 6.51. The highest BCUT2D eigenvalue weighted by atomic mass is 79.9. The molecule has 0 bridgehead atoms. The van der Waals surface area contributed by atoms with Crippen molar-refractivity contribution in [1.29, 1.82) is 0 Å². The van der Waals surface area contributed by atoms with Crippen molar-refractivity contribution in [3.63, 3.8) is 0 Å². The van der Waals surface area contributed by atoms with Crippen LogP contribution in [0, 0.1) is 5.41 Å². The summed E-state index contributed by atoms with van der Waals surface area (Å²) in [5.74, 6) is 0. The molecule has 0 radical (unpaired) electrons. The second-order valence-corrected chi connectivity index (χ2v) is 5.93. The third-order valence-corrected chi connectivity index (χ3v) is 2.96. The van der Waals surface area contributed by atoms with E-state index < -0.39 is 0 Å². The van der Waals surface area contributed by atoms with Crippen molar-refractivity contribution in [2.75, 3.05) is 13.1 Å². The Balaban J connectivity index is 0.00000225. The largest absolute Gasteiger partial charge is 0.316 e. The van der Waals surface area contributed by atoms with E-state index in [1.807, 2.05) is 0 Å². The summed E-state index contributed by atoms with van der Waals surface area (Å²) >= 11 is 3.56. The summed E-state index contributed by atoms with van der Waals surface area (Å²) in [6.07, 6.45) is 1.08. The van der Waals surface area contributed by atoms with Gasteiger partial charge in [0.25, 0.3) is 0 Å². The van der Waals surface area contributed by atoms with E-state index in [0.29, 0.717) is 5.41 Å². The van der Waals surface area contributed by atoms with E-state index in [1.165, 1.54) is 10.0 Å². The molecule has 16 heavy (non-hydrogen) atoms. The van der Waals surface area contributed by atoms with E-state index >= 15 is 0 Å². The summed E-state index contributed by atoms with van der Waals surface area (Å²) in [6.45, 7) is 8.85. The molecule has 0 amide bonds. The maximum Gasteiger partial charge on any atom is 0.0207 e. The average molecular weight is 307 g/mol. The van der Waals surface area contributed by atoms with Crippen LogP contribution in [0.15, 0.2) is 28.7 Å². The van der Waals surface area contributed by atoms with Gasteiger partial charge in [-0.3, -0.25) is 0 Å². The molecule has 0 atom stereocenters.